The number of piperazine rings is 1. The molecule has 0 aromatic heterocycles. The standard InChI is InChI=1S/C23H37N3O2/c1-18-14-20(23(3,4)5)15-19(2)21(18)16-24-6-8-26(9-7-24)22(27)17-25-10-12-28-13-11-25/h14-15H,6-13,16-17H2,1-5H3. The van der Waals surface area contributed by atoms with Crippen LogP contribution in [0.5, 0.6) is 0 Å². The fourth-order valence-corrected chi connectivity index (χ4v) is 4.11. The van der Waals surface area contributed by atoms with E-state index in [-0.39, 0.29) is 11.3 Å². The highest BCUT2D eigenvalue weighted by Crippen LogP contribution is 2.27. The molecule has 0 unspecified atom stereocenters. The molecule has 3 rings (SSSR count). The Bertz CT molecular complexity index is 659. The Morgan fingerprint density at radius 1 is 0.929 bits per heavy atom. The first-order valence-corrected chi connectivity index (χ1v) is 10.6. The fraction of sp³-hybridized carbons (Fsp3) is 0.696. The molecule has 0 radical (unpaired) electrons. The van der Waals surface area contributed by atoms with Crippen molar-refractivity contribution in [2.24, 2.45) is 0 Å². The second-order valence-corrected chi connectivity index (χ2v) is 9.38. The highest BCUT2D eigenvalue weighted by Gasteiger charge is 2.24. The van der Waals surface area contributed by atoms with Crippen molar-refractivity contribution in [3.8, 4) is 0 Å². The van der Waals surface area contributed by atoms with E-state index < -0.39 is 0 Å². The Morgan fingerprint density at radius 2 is 1.50 bits per heavy atom. The van der Waals surface area contributed by atoms with E-state index in [0.717, 1.165) is 59.0 Å². The second kappa shape index (κ2) is 8.93. The first kappa shape index (κ1) is 21.3. The molecule has 1 aromatic rings. The van der Waals surface area contributed by atoms with E-state index in [9.17, 15) is 4.79 Å². The molecule has 5 heteroatoms. The second-order valence-electron chi connectivity index (χ2n) is 9.38. The van der Waals surface area contributed by atoms with Crippen LogP contribution in [0.1, 0.15) is 43.0 Å². The van der Waals surface area contributed by atoms with Crippen molar-refractivity contribution in [1.82, 2.24) is 14.7 Å². The number of aryl methyl sites for hydroxylation is 2. The fourth-order valence-electron chi connectivity index (χ4n) is 4.11. The van der Waals surface area contributed by atoms with Crippen molar-refractivity contribution in [2.75, 3.05) is 59.0 Å². The Labute approximate surface area is 170 Å². The normalized spacial score (nSPS) is 19.8. The molecule has 1 amide bonds. The van der Waals surface area contributed by atoms with Crippen LogP contribution in [0.4, 0.5) is 0 Å². The highest BCUT2D eigenvalue weighted by atomic mass is 16.5. The predicted molar refractivity (Wildman–Crippen MR) is 114 cm³/mol. The quantitative estimate of drug-likeness (QED) is 0.796. The Morgan fingerprint density at radius 3 is 2.04 bits per heavy atom. The van der Waals surface area contributed by atoms with Gasteiger partial charge in [0.15, 0.2) is 0 Å². The highest BCUT2D eigenvalue weighted by molar-refractivity contribution is 5.78. The van der Waals surface area contributed by atoms with E-state index >= 15 is 0 Å². The Kier molecular flexibility index (Phi) is 6.79. The third-order valence-corrected chi connectivity index (χ3v) is 6.13. The van der Waals surface area contributed by atoms with E-state index in [0.29, 0.717) is 6.54 Å². The summed E-state index contributed by atoms with van der Waals surface area (Å²) in [6.45, 7) is 19.6. The van der Waals surface area contributed by atoms with Gasteiger partial charge in [0.2, 0.25) is 5.91 Å². The number of nitrogens with zero attached hydrogens (tertiary/aromatic N) is 3. The van der Waals surface area contributed by atoms with Gasteiger partial charge in [-0.1, -0.05) is 32.9 Å². The third-order valence-electron chi connectivity index (χ3n) is 6.13. The molecule has 0 saturated carbocycles. The molecule has 2 saturated heterocycles. The number of amides is 1. The molecule has 0 N–H and O–H groups in total. The van der Waals surface area contributed by atoms with E-state index in [1.807, 2.05) is 4.90 Å². The lowest BCUT2D eigenvalue weighted by Crippen LogP contribution is -2.52. The van der Waals surface area contributed by atoms with Gasteiger partial charge in [-0.25, -0.2) is 0 Å². The molecule has 5 nitrogen and oxygen atoms in total. The van der Waals surface area contributed by atoms with Gasteiger partial charge >= 0.3 is 0 Å². The summed E-state index contributed by atoms with van der Waals surface area (Å²) in [6.07, 6.45) is 0. The smallest absolute Gasteiger partial charge is 0.236 e. The zero-order chi connectivity index (χ0) is 20.3. The van der Waals surface area contributed by atoms with Gasteiger partial charge in [0.25, 0.3) is 0 Å². The van der Waals surface area contributed by atoms with E-state index in [1.54, 1.807) is 0 Å². The van der Waals surface area contributed by atoms with E-state index in [2.05, 4.69) is 56.6 Å². The van der Waals surface area contributed by atoms with Crippen LogP contribution in [0.3, 0.4) is 0 Å². The minimum Gasteiger partial charge on any atom is -0.379 e. The summed E-state index contributed by atoms with van der Waals surface area (Å²) in [6, 6.07) is 4.70. The van der Waals surface area contributed by atoms with Crippen molar-refractivity contribution < 1.29 is 9.53 Å². The van der Waals surface area contributed by atoms with Crippen LogP contribution in [-0.4, -0.2) is 79.6 Å². The minimum atomic E-state index is 0.181. The number of benzene rings is 1. The first-order valence-electron chi connectivity index (χ1n) is 10.6. The maximum atomic E-state index is 12.6. The van der Waals surface area contributed by atoms with Crippen LogP contribution in [0.15, 0.2) is 12.1 Å². The average Bonchev–Trinajstić information content (AvgIpc) is 2.65. The molecule has 0 atom stereocenters. The molecule has 1 aromatic carbocycles. The average molecular weight is 388 g/mol. The van der Waals surface area contributed by atoms with Crippen LogP contribution in [0.2, 0.25) is 0 Å². The molecule has 2 aliphatic rings. The Balaban J connectivity index is 1.53. The van der Waals surface area contributed by atoms with Crippen LogP contribution >= 0.6 is 0 Å². The largest absolute Gasteiger partial charge is 0.379 e. The molecule has 28 heavy (non-hydrogen) atoms. The number of carbonyl (C=O) groups excluding carboxylic acids is 1. The van der Waals surface area contributed by atoms with Gasteiger partial charge in [-0.3, -0.25) is 14.6 Å². The van der Waals surface area contributed by atoms with Crippen molar-refractivity contribution in [3.63, 3.8) is 0 Å². The van der Waals surface area contributed by atoms with Crippen molar-refractivity contribution in [3.05, 3.63) is 34.4 Å². The number of morpholine rings is 1. The maximum absolute atomic E-state index is 12.6. The molecular weight excluding hydrogens is 350 g/mol. The van der Waals surface area contributed by atoms with Gasteiger partial charge < -0.3 is 9.64 Å². The van der Waals surface area contributed by atoms with Gasteiger partial charge in [-0.05, 0) is 41.5 Å². The summed E-state index contributed by atoms with van der Waals surface area (Å²) in [4.78, 5) is 19.3. The van der Waals surface area contributed by atoms with Gasteiger partial charge in [-0.15, -0.1) is 0 Å². The van der Waals surface area contributed by atoms with Gasteiger partial charge in [-0.2, -0.15) is 0 Å². The molecule has 2 fully saturated rings. The lowest BCUT2D eigenvalue weighted by atomic mass is 9.83. The molecule has 156 valence electrons. The molecule has 2 heterocycles. The summed E-state index contributed by atoms with van der Waals surface area (Å²) in [5.74, 6) is 0.267. The zero-order valence-electron chi connectivity index (χ0n) is 18.4. The number of ether oxygens (including phenoxy) is 1. The molecule has 0 bridgehead atoms. The molecular formula is C23H37N3O2. The molecule has 2 aliphatic heterocycles. The van der Waals surface area contributed by atoms with Gasteiger partial charge in [0.1, 0.15) is 0 Å². The summed E-state index contributed by atoms with van der Waals surface area (Å²) in [5.41, 5.74) is 5.80. The van der Waals surface area contributed by atoms with E-state index in [4.69, 9.17) is 4.74 Å². The predicted octanol–water partition coefficient (Wildman–Crippen LogP) is 2.58. The zero-order valence-corrected chi connectivity index (χ0v) is 18.4. The summed E-state index contributed by atoms with van der Waals surface area (Å²) in [7, 11) is 0. The van der Waals surface area contributed by atoms with Crippen LogP contribution in [0.25, 0.3) is 0 Å². The van der Waals surface area contributed by atoms with Crippen molar-refractivity contribution in [2.45, 2.75) is 46.6 Å². The SMILES string of the molecule is Cc1cc(C(C)(C)C)cc(C)c1CN1CCN(C(=O)CN2CCOCC2)CC1. The summed E-state index contributed by atoms with van der Waals surface area (Å²) >= 11 is 0. The topological polar surface area (TPSA) is 36.0 Å². The van der Waals surface area contributed by atoms with Crippen molar-refractivity contribution in [1.29, 1.82) is 0 Å². The van der Waals surface area contributed by atoms with Crippen LogP contribution in [0, 0.1) is 13.8 Å². The minimum absolute atomic E-state index is 0.181. The number of hydrogen-bond acceptors (Lipinski definition) is 4. The first-order chi connectivity index (χ1) is 13.2. The number of carbonyl (C=O) groups is 1. The van der Waals surface area contributed by atoms with E-state index in [1.165, 1.54) is 22.3 Å². The van der Waals surface area contributed by atoms with Gasteiger partial charge in [0, 0.05) is 45.8 Å². The van der Waals surface area contributed by atoms with Crippen molar-refractivity contribution >= 4 is 5.91 Å². The monoisotopic (exact) mass is 387 g/mol. The number of rotatable bonds is 4. The lowest BCUT2D eigenvalue weighted by Gasteiger charge is -2.37. The van der Waals surface area contributed by atoms with Crippen LogP contribution < -0.4 is 0 Å². The number of hydrogen-bond donors (Lipinski definition) is 0. The maximum Gasteiger partial charge on any atom is 0.236 e. The Hall–Kier alpha value is -1.43. The lowest BCUT2D eigenvalue weighted by molar-refractivity contribution is -0.135. The molecule has 0 spiro atoms. The molecule has 0 aliphatic carbocycles. The summed E-state index contributed by atoms with van der Waals surface area (Å²) in [5, 5.41) is 0. The van der Waals surface area contributed by atoms with Crippen LogP contribution in [-0.2, 0) is 21.5 Å². The summed E-state index contributed by atoms with van der Waals surface area (Å²) < 4.78 is 5.37. The van der Waals surface area contributed by atoms with Gasteiger partial charge in [0.05, 0.1) is 19.8 Å². The third kappa shape index (κ3) is 5.34.